The first-order valence-corrected chi connectivity index (χ1v) is 14.8. The molecule has 0 aliphatic carbocycles. The summed E-state index contributed by atoms with van der Waals surface area (Å²) in [7, 11) is 3.19. The van der Waals surface area contributed by atoms with Crippen LogP contribution >= 0.6 is 0 Å². The Morgan fingerprint density at radius 1 is 0.909 bits per heavy atom. The highest BCUT2D eigenvalue weighted by atomic mass is 19.1. The third-order valence-corrected chi connectivity index (χ3v) is 8.43. The van der Waals surface area contributed by atoms with Gasteiger partial charge in [0.1, 0.15) is 17.7 Å². The number of piperazine rings is 1. The normalized spacial score (nSPS) is 17.7. The number of amides is 2. The van der Waals surface area contributed by atoms with E-state index < -0.39 is 18.0 Å². The van der Waals surface area contributed by atoms with Crippen LogP contribution in [0.25, 0.3) is 10.8 Å². The quantitative estimate of drug-likeness (QED) is 0.286. The molecule has 1 aliphatic heterocycles. The molecule has 4 aromatic carbocycles. The molecule has 4 unspecified atom stereocenters. The summed E-state index contributed by atoms with van der Waals surface area (Å²) in [4.78, 5) is 31.2. The Bertz CT molecular complexity index is 1580. The summed E-state index contributed by atoms with van der Waals surface area (Å²) in [5.74, 6) is -1.54. The average molecular weight is 601 g/mol. The molecule has 1 heterocycles. The van der Waals surface area contributed by atoms with Gasteiger partial charge in [0.25, 0.3) is 0 Å². The molecular formula is C35H38F2N4O3. The number of fused-ring (bicyclic) bond motifs is 1. The number of hydrogen-bond donors (Lipinski definition) is 2. The van der Waals surface area contributed by atoms with Gasteiger partial charge in [-0.1, -0.05) is 66.7 Å². The van der Waals surface area contributed by atoms with E-state index >= 15 is 0 Å². The maximum absolute atomic E-state index is 14.0. The lowest BCUT2D eigenvalue weighted by Gasteiger charge is -2.46. The van der Waals surface area contributed by atoms with Gasteiger partial charge in [0.2, 0.25) is 11.8 Å². The average Bonchev–Trinajstić information content (AvgIpc) is 3.04. The number of methoxy groups -OCH3 is 1. The van der Waals surface area contributed by atoms with Crippen LogP contribution in [0.4, 0.5) is 8.78 Å². The minimum atomic E-state index is -0.814. The van der Waals surface area contributed by atoms with Gasteiger partial charge in [-0.3, -0.25) is 14.5 Å². The third-order valence-electron chi connectivity index (χ3n) is 8.43. The highest BCUT2D eigenvalue weighted by Crippen LogP contribution is 2.34. The fraction of sp³-hybridized carbons (Fsp3) is 0.314. The SMILES string of the molecule is CNC(=O)C(C(c1ccc(F)cc1)c1ccc2ccccc2c1)N1CCN(C(=O)C(N)Cc2ccc(F)cc2)C(COC)C1. The minimum absolute atomic E-state index is 0.184. The van der Waals surface area contributed by atoms with E-state index in [4.69, 9.17) is 10.5 Å². The first-order chi connectivity index (χ1) is 21.3. The van der Waals surface area contributed by atoms with E-state index in [1.54, 1.807) is 43.3 Å². The maximum atomic E-state index is 14.0. The summed E-state index contributed by atoms with van der Waals surface area (Å²) in [6, 6.07) is 24.6. The molecule has 4 aromatic rings. The van der Waals surface area contributed by atoms with Crippen molar-refractivity contribution in [2.24, 2.45) is 5.73 Å². The highest BCUT2D eigenvalue weighted by molar-refractivity contribution is 5.86. The third kappa shape index (κ3) is 6.96. The Labute approximate surface area is 256 Å². The molecule has 0 spiro atoms. The van der Waals surface area contributed by atoms with Crippen LogP contribution in [0.2, 0.25) is 0 Å². The lowest BCUT2D eigenvalue weighted by Crippen LogP contribution is -2.64. The second-order valence-electron chi connectivity index (χ2n) is 11.3. The van der Waals surface area contributed by atoms with Gasteiger partial charge in [-0.15, -0.1) is 0 Å². The summed E-state index contributed by atoms with van der Waals surface area (Å²) in [5, 5.41) is 4.96. The van der Waals surface area contributed by atoms with E-state index in [9.17, 15) is 18.4 Å². The predicted octanol–water partition coefficient (Wildman–Crippen LogP) is 4.09. The van der Waals surface area contributed by atoms with E-state index in [2.05, 4.69) is 16.3 Å². The summed E-state index contributed by atoms with van der Waals surface area (Å²) in [5.41, 5.74) is 8.86. The molecule has 9 heteroatoms. The molecule has 230 valence electrons. The topological polar surface area (TPSA) is 87.9 Å². The summed E-state index contributed by atoms with van der Waals surface area (Å²) in [6.45, 7) is 1.37. The summed E-state index contributed by atoms with van der Waals surface area (Å²) < 4.78 is 33.0. The molecule has 3 N–H and O–H groups in total. The molecule has 1 fully saturated rings. The fourth-order valence-electron chi connectivity index (χ4n) is 6.24. The number of hydrogen-bond acceptors (Lipinski definition) is 5. The molecular weight excluding hydrogens is 562 g/mol. The van der Waals surface area contributed by atoms with Crippen LogP contribution in [0.3, 0.4) is 0 Å². The molecule has 0 bridgehead atoms. The first-order valence-electron chi connectivity index (χ1n) is 14.8. The Kier molecular flexibility index (Phi) is 9.99. The van der Waals surface area contributed by atoms with Crippen molar-refractivity contribution in [3.05, 3.63) is 119 Å². The van der Waals surface area contributed by atoms with Crippen molar-refractivity contribution >= 4 is 22.6 Å². The molecule has 7 nitrogen and oxygen atoms in total. The lowest BCUT2D eigenvalue weighted by atomic mass is 9.82. The van der Waals surface area contributed by atoms with E-state index in [0.29, 0.717) is 19.6 Å². The molecule has 5 rings (SSSR count). The van der Waals surface area contributed by atoms with Gasteiger partial charge >= 0.3 is 0 Å². The number of rotatable bonds is 10. The second kappa shape index (κ2) is 14.1. The Balaban J connectivity index is 1.46. The van der Waals surface area contributed by atoms with Crippen LogP contribution in [0, 0.1) is 11.6 Å². The molecule has 44 heavy (non-hydrogen) atoms. The van der Waals surface area contributed by atoms with Crippen molar-refractivity contribution in [2.75, 3.05) is 40.4 Å². The fourth-order valence-corrected chi connectivity index (χ4v) is 6.24. The van der Waals surface area contributed by atoms with E-state index in [1.165, 1.54) is 24.3 Å². The van der Waals surface area contributed by atoms with Gasteiger partial charge in [-0.05, 0) is 58.1 Å². The number of carbonyl (C=O) groups excluding carboxylic acids is 2. The van der Waals surface area contributed by atoms with E-state index in [0.717, 1.165) is 27.5 Å². The maximum Gasteiger partial charge on any atom is 0.240 e. The van der Waals surface area contributed by atoms with Gasteiger partial charge in [0.05, 0.1) is 18.7 Å². The number of likely N-dealkylation sites (N-methyl/N-ethyl adjacent to an activating group) is 1. The highest BCUT2D eigenvalue weighted by Gasteiger charge is 2.41. The lowest BCUT2D eigenvalue weighted by molar-refractivity contribution is -0.141. The Morgan fingerprint density at radius 2 is 1.55 bits per heavy atom. The summed E-state index contributed by atoms with van der Waals surface area (Å²) in [6.07, 6.45) is 0.272. The van der Waals surface area contributed by atoms with Gasteiger partial charge in [0.15, 0.2) is 0 Å². The number of benzene rings is 4. The van der Waals surface area contributed by atoms with Gasteiger partial charge in [0, 0.05) is 39.7 Å². The Hall–Kier alpha value is -4.18. The van der Waals surface area contributed by atoms with Gasteiger partial charge in [-0.2, -0.15) is 0 Å². The van der Waals surface area contributed by atoms with E-state index in [1.807, 2.05) is 36.4 Å². The van der Waals surface area contributed by atoms with Crippen LogP contribution < -0.4 is 11.1 Å². The number of halogens is 2. The zero-order valence-electron chi connectivity index (χ0n) is 25.0. The van der Waals surface area contributed by atoms with Crippen LogP contribution in [-0.2, 0) is 20.7 Å². The Morgan fingerprint density at radius 3 is 2.20 bits per heavy atom. The minimum Gasteiger partial charge on any atom is -0.382 e. The molecule has 0 aromatic heterocycles. The number of nitrogens with zero attached hydrogens (tertiary/aromatic N) is 2. The molecule has 0 radical (unpaired) electrons. The van der Waals surface area contributed by atoms with Crippen molar-refractivity contribution in [3.63, 3.8) is 0 Å². The number of ether oxygens (including phenoxy) is 1. The monoisotopic (exact) mass is 600 g/mol. The molecule has 2 amide bonds. The zero-order valence-corrected chi connectivity index (χ0v) is 25.0. The number of nitrogens with two attached hydrogens (primary N) is 1. The van der Waals surface area contributed by atoms with Crippen LogP contribution in [0.5, 0.6) is 0 Å². The van der Waals surface area contributed by atoms with Crippen molar-refractivity contribution in [3.8, 4) is 0 Å². The van der Waals surface area contributed by atoms with Crippen LogP contribution in [-0.4, -0.2) is 80.1 Å². The first kappa shape index (κ1) is 31.3. The molecule has 1 aliphatic rings. The second-order valence-corrected chi connectivity index (χ2v) is 11.3. The summed E-state index contributed by atoms with van der Waals surface area (Å²) >= 11 is 0. The van der Waals surface area contributed by atoms with Crippen molar-refractivity contribution in [1.82, 2.24) is 15.1 Å². The molecule has 0 saturated carbocycles. The van der Waals surface area contributed by atoms with Gasteiger partial charge in [-0.25, -0.2) is 8.78 Å². The number of nitrogens with one attached hydrogen (secondary N) is 1. The largest absolute Gasteiger partial charge is 0.382 e. The molecule has 1 saturated heterocycles. The smallest absolute Gasteiger partial charge is 0.240 e. The predicted molar refractivity (Wildman–Crippen MR) is 167 cm³/mol. The zero-order chi connectivity index (χ0) is 31.2. The van der Waals surface area contributed by atoms with Crippen molar-refractivity contribution in [2.45, 2.75) is 30.5 Å². The van der Waals surface area contributed by atoms with Crippen molar-refractivity contribution < 1.29 is 23.1 Å². The van der Waals surface area contributed by atoms with Crippen molar-refractivity contribution in [1.29, 1.82) is 0 Å². The van der Waals surface area contributed by atoms with Gasteiger partial charge < -0.3 is 20.7 Å². The van der Waals surface area contributed by atoms with Crippen LogP contribution in [0.1, 0.15) is 22.6 Å². The molecule has 4 atom stereocenters. The van der Waals surface area contributed by atoms with E-state index in [-0.39, 0.29) is 42.5 Å². The number of carbonyl (C=O) groups is 2. The van der Waals surface area contributed by atoms with Crippen LogP contribution in [0.15, 0.2) is 91.0 Å². The standard InChI is InChI=1S/C35H38F2N4O3/c1-39-34(42)33(32(25-11-15-29(37)16-12-25)27-10-9-24-5-3-4-6-26(24)20-27)40-17-18-41(30(21-40)22-44-2)35(43)31(38)19-23-7-13-28(36)14-8-23/h3-16,20,30-33H,17-19,21-22,38H2,1-2H3,(H,39,42).